The van der Waals surface area contributed by atoms with Crippen LogP contribution in [-0.4, -0.2) is 8.42 Å². The number of anilines is 1. The van der Waals surface area contributed by atoms with Gasteiger partial charge in [-0.15, -0.1) is 0 Å². The van der Waals surface area contributed by atoms with Crippen molar-refractivity contribution in [2.75, 3.05) is 4.72 Å². The van der Waals surface area contributed by atoms with Crippen LogP contribution in [0.5, 0.6) is 0 Å². The van der Waals surface area contributed by atoms with Crippen LogP contribution in [-0.2, 0) is 10.0 Å². The van der Waals surface area contributed by atoms with Crippen LogP contribution in [0.1, 0.15) is 11.1 Å². The van der Waals surface area contributed by atoms with E-state index in [-0.39, 0.29) is 21.2 Å². The van der Waals surface area contributed by atoms with Gasteiger partial charge in [-0.05, 0) is 42.8 Å². The van der Waals surface area contributed by atoms with Crippen molar-refractivity contribution in [2.45, 2.75) is 11.8 Å². The minimum absolute atomic E-state index is 0.0497. The molecular formula is C14H10ClFN2O2S. The van der Waals surface area contributed by atoms with Gasteiger partial charge in [0, 0.05) is 5.02 Å². The Morgan fingerprint density at radius 1 is 1.24 bits per heavy atom. The molecule has 0 unspecified atom stereocenters. The molecule has 0 aliphatic heterocycles. The van der Waals surface area contributed by atoms with E-state index in [1.807, 2.05) is 6.07 Å². The molecule has 0 aliphatic carbocycles. The van der Waals surface area contributed by atoms with E-state index >= 15 is 0 Å². The second kappa shape index (κ2) is 5.72. The predicted octanol–water partition coefficient (Wildman–Crippen LogP) is 3.46. The van der Waals surface area contributed by atoms with Gasteiger partial charge in [-0.25, -0.2) is 12.8 Å². The Morgan fingerprint density at radius 2 is 1.95 bits per heavy atom. The molecule has 2 aromatic rings. The lowest BCUT2D eigenvalue weighted by atomic mass is 10.2. The zero-order valence-electron chi connectivity index (χ0n) is 10.9. The average molecular weight is 325 g/mol. The number of nitriles is 1. The maximum Gasteiger partial charge on any atom is 0.262 e. The molecule has 2 aromatic carbocycles. The van der Waals surface area contributed by atoms with Gasteiger partial charge in [-0.1, -0.05) is 17.7 Å². The summed E-state index contributed by atoms with van der Waals surface area (Å²) < 4.78 is 40.2. The molecule has 4 nitrogen and oxygen atoms in total. The molecule has 0 heterocycles. The maximum atomic E-state index is 13.3. The Hall–Kier alpha value is -2.10. The summed E-state index contributed by atoms with van der Waals surface area (Å²) in [7, 11) is -4.02. The van der Waals surface area contributed by atoms with Gasteiger partial charge in [0.1, 0.15) is 11.9 Å². The molecule has 0 saturated heterocycles. The molecule has 0 bridgehead atoms. The fraction of sp³-hybridized carbons (Fsp3) is 0.0714. The first kappa shape index (κ1) is 15.3. The lowest BCUT2D eigenvalue weighted by Gasteiger charge is -2.11. The van der Waals surface area contributed by atoms with Gasteiger partial charge < -0.3 is 0 Å². The number of hydrogen-bond acceptors (Lipinski definition) is 3. The summed E-state index contributed by atoms with van der Waals surface area (Å²) in [6.07, 6.45) is 0. The van der Waals surface area contributed by atoms with Gasteiger partial charge in [0.15, 0.2) is 0 Å². The molecule has 2 rings (SSSR count). The molecule has 0 atom stereocenters. The van der Waals surface area contributed by atoms with Crippen LogP contribution in [0.4, 0.5) is 10.1 Å². The van der Waals surface area contributed by atoms with Crippen LogP contribution in [0, 0.1) is 24.1 Å². The summed E-state index contributed by atoms with van der Waals surface area (Å²) in [5.74, 6) is -0.660. The largest absolute Gasteiger partial charge is 0.278 e. The van der Waals surface area contributed by atoms with Crippen molar-refractivity contribution < 1.29 is 12.8 Å². The van der Waals surface area contributed by atoms with E-state index in [0.717, 1.165) is 6.07 Å². The zero-order valence-corrected chi connectivity index (χ0v) is 12.5. The summed E-state index contributed by atoms with van der Waals surface area (Å²) in [6, 6.07) is 9.54. The Morgan fingerprint density at radius 3 is 2.62 bits per heavy atom. The highest BCUT2D eigenvalue weighted by molar-refractivity contribution is 7.92. The Kier molecular flexibility index (Phi) is 4.16. The lowest BCUT2D eigenvalue weighted by molar-refractivity contribution is 0.594. The van der Waals surface area contributed by atoms with E-state index in [1.165, 1.54) is 30.3 Å². The fourth-order valence-corrected chi connectivity index (χ4v) is 3.26. The third kappa shape index (κ3) is 3.32. The molecule has 0 aliphatic rings. The van der Waals surface area contributed by atoms with Crippen LogP contribution in [0.15, 0.2) is 41.3 Å². The van der Waals surface area contributed by atoms with Crippen molar-refractivity contribution in [2.24, 2.45) is 0 Å². The van der Waals surface area contributed by atoms with E-state index in [1.54, 1.807) is 6.92 Å². The highest BCUT2D eigenvalue weighted by Gasteiger charge is 2.19. The van der Waals surface area contributed by atoms with E-state index in [2.05, 4.69) is 4.72 Å². The minimum Gasteiger partial charge on any atom is -0.278 e. The van der Waals surface area contributed by atoms with Crippen LogP contribution in [0.2, 0.25) is 5.02 Å². The van der Waals surface area contributed by atoms with Crippen LogP contribution >= 0.6 is 11.6 Å². The Labute approximate surface area is 126 Å². The summed E-state index contributed by atoms with van der Waals surface area (Å²) in [6.45, 7) is 1.55. The van der Waals surface area contributed by atoms with E-state index < -0.39 is 15.8 Å². The van der Waals surface area contributed by atoms with E-state index in [4.69, 9.17) is 16.9 Å². The molecule has 0 saturated carbocycles. The van der Waals surface area contributed by atoms with Crippen molar-refractivity contribution in [3.8, 4) is 6.07 Å². The van der Waals surface area contributed by atoms with E-state index in [0.29, 0.717) is 5.56 Å². The topological polar surface area (TPSA) is 70.0 Å². The summed E-state index contributed by atoms with van der Waals surface area (Å²) >= 11 is 5.80. The molecule has 0 aromatic heterocycles. The second-order valence-corrected chi connectivity index (χ2v) is 6.40. The fourth-order valence-electron chi connectivity index (χ4n) is 1.76. The average Bonchev–Trinajstić information content (AvgIpc) is 2.41. The third-order valence-corrected chi connectivity index (χ3v) is 4.53. The number of nitrogens with zero attached hydrogens (tertiary/aromatic N) is 1. The zero-order chi connectivity index (χ0) is 15.6. The lowest BCUT2D eigenvalue weighted by Crippen LogP contribution is -2.15. The van der Waals surface area contributed by atoms with Crippen molar-refractivity contribution in [1.29, 1.82) is 5.26 Å². The molecular weight excluding hydrogens is 315 g/mol. The van der Waals surface area contributed by atoms with Gasteiger partial charge in [-0.3, -0.25) is 4.72 Å². The smallest absolute Gasteiger partial charge is 0.262 e. The monoisotopic (exact) mass is 324 g/mol. The number of nitrogens with one attached hydrogen (secondary N) is 1. The summed E-state index contributed by atoms with van der Waals surface area (Å²) in [5.41, 5.74) is 0.565. The van der Waals surface area contributed by atoms with Crippen LogP contribution in [0.25, 0.3) is 0 Å². The predicted molar refractivity (Wildman–Crippen MR) is 78.1 cm³/mol. The Bertz CT molecular complexity index is 845. The highest BCUT2D eigenvalue weighted by atomic mass is 35.5. The first-order valence-electron chi connectivity index (χ1n) is 5.82. The maximum absolute atomic E-state index is 13.3. The van der Waals surface area contributed by atoms with Gasteiger partial charge in [0.25, 0.3) is 10.0 Å². The third-order valence-electron chi connectivity index (χ3n) is 2.79. The van der Waals surface area contributed by atoms with Gasteiger partial charge in [0.05, 0.1) is 16.1 Å². The second-order valence-electron chi connectivity index (χ2n) is 4.32. The summed E-state index contributed by atoms with van der Waals surface area (Å²) in [4.78, 5) is -0.189. The first-order valence-corrected chi connectivity index (χ1v) is 7.68. The summed E-state index contributed by atoms with van der Waals surface area (Å²) in [5, 5.41) is 9.27. The van der Waals surface area contributed by atoms with E-state index in [9.17, 15) is 12.8 Å². The van der Waals surface area contributed by atoms with Crippen molar-refractivity contribution in [3.05, 3.63) is 58.4 Å². The van der Waals surface area contributed by atoms with Gasteiger partial charge in [0.2, 0.25) is 0 Å². The molecule has 0 radical (unpaired) electrons. The van der Waals surface area contributed by atoms with Crippen molar-refractivity contribution >= 4 is 27.3 Å². The number of sulfonamides is 1. The number of halogens is 2. The SMILES string of the molecule is Cc1ccc(F)cc1S(=O)(=O)Nc1cc(Cl)ccc1C#N. The molecule has 1 N–H and O–H groups in total. The van der Waals surface area contributed by atoms with Crippen LogP contribution in [0.3, 0.4) is 0 Å². The Balaban J connectivity index is 2.50. The van der Waals surface area contributed by atoms with Crippen molar-refractivity contribution in [1.82, 2.24) is 0 Å². The van der Waals surface area contributed by atoms with Crippen LogP contribution < -0.4 is 4.72 Å². The number of hydrogen-bond donors (Lipinski definition) is 1. The number of rotatable bonds is 3. The molecule has 108 valence electrons. The number of benzene rings is 2. The quantitative estimate of drug-likeness (QED) is 0.940. The van der Waals surface area contributed by atoms with Crippen molar-refractivity contribution in [3.63, 3.8) is 0 Å². The molecule has 7 heteroatoms. The minimum atomic E-state index is -4.02. The first-order chi connectivity index (χ1) is 9.83. The standard InChI is InChI=1S/C14H10ClFN2O2S/c1-9-2-5-12(16)7-14(9)21(19,20)18-13-6-11(15)4-3-10(13)8-17/h2-7,18H,1H3. The molecule has 0 fully saturated rings. The van der Waals surface area contributed by atoms with Gasteiger partial charge >= 0.3 is 0 Å². The molecule has 0 spiro atoms. The highest BCUT2D eigenvalue weighted by Crippen LogP contribution is 2.25. The molecule has 0 amide bonds. The normalized spacial score (nSPS) is 11.0. The molecule has 21 heavy (non-hydrogen) atoms. The number of aryl methyl sites for hydroxylation is 1. The van der Waals surface area contributed by atoms with Gasteiger partial charge in [-0.2, -0.15) is 5.26 Å².